The number of Topliss-reactive ketones (excluding diaryl/α,β-unsaturated/α-hetero) is 1. The Morgan fingerprint density at radius 1 is 1.47 bits per heavy atom. The lowest BCUT2D eigenvalue weighted by atomic mass is 9.74. The van der Waals surface area contributed by atoms with E-state index < -0.39 is 0 Å². The Hall–Kier alpha value is -1.97. The van der Waals surface area contributed by atoms with Crippen molar-refractivity contribution in [3.63, 3.8) is 0 Å². The van der Waals surface area contributed by atoms with Gasteiger partial charge < -0.3 is 0 Å². The van der Waals surface area contributed by atoms with Gasteiger partial charge in [0.25, 0.3) is 0 Å². The molecule has 1 atom stereocenters. The number of fused-ring (bicyclic) bond motifs is 1. The average Bonchev–Trinajstić information content (AvgIpc) is 2.66. The fourth-order valence-electron chi connectivity index (χ4n) is 2.31. The molecule has 0 saturated heterocycles. The molecule has 0 fully saturated rings. The van der Waals surface area contributed by atoms with Crippen LogP contribution in [0.25, 0.3) is 0 Å². The van der Waals surface area contributed by atoms with E-state index in [1.807, 2.05) is 25.2 Å². The van der Waals surface area contributed by atoms with E-state index in [1.54, 1.807) is 4.68 Å². The molecule has 1 aliphatic carbocycles. The van der Waals surface area contributed by atoms with E-state index in [1.165, 1.54) is 17.5 Å². The molecule has 2 aromatic rings. The zero-order valence-corrected chi connectivity index (χ0v) is 9.63. The van der Waals surface area contributed by atoms with Gasteiger partial charge >= 0.3 is 0 Å². The maximum absolute atomic E-state index is 12.1. The van der Waals surface area contributed by atoms with Gasteiger partial charge in [0.05, 0.1) is 6.42 Å². The second kappa shape index (κ2) is 3.80. The largest absolute Gasteiger partial charge is 0.299 e. The minimum absolute atomic E-state index is 0.0582. The van der Waals surface area contributed by atoms with Crippen molar-refractivity contribution in [3.05, 3.63) is 47.5 Å². The topological polar surface area (TPSA) is 47.8 Å². The van der Waals surface area contributed by atoms with E-state index in [2.05, 4.69) is 16.1 Å². The number of aryl methyl sites for hydroxylation is 1. The van der Waals surface area contributed by atoms with E-state index in [4.69, 9.17) is 0 Å². The number of rotatable bonds is 3. The highest BCUT2D eigenvalue weighted by molar-refractivity contribution is 5.89. The first kappa shape index (κ1) is 10.2. The highest BCUT2D eigenvalue weighted by Gasteiger charge is 2.31. The molecule has 0 bridgehead atoms. The first-order valence-corrected chi connectivity index (χ1v) is 5.69. The van der Waals surface area contributed by atoms with E-state index in [0.29, 0.717) is 6.42 Å². The van der Waals surface area contributed by atoms with Crippen LogP contribution in [0.2, 0.25) is 0 Å². The normalized spacial score (nSPS) is 17.4. The molecule has 1 unspecified atom stereocenters. The summed E-state index contributed by atoms with van der Waals surface area (Å²) in [6.07, 6.45) is 2.72. The number of benzene rings is 1. The summed E-state index contributed by atoms with van der Waals surface area (Å²) < 4.78 is 1.66. The molecular formula is C13H13N3O. The van der Waals surface area contributed by atoms with Gasteiger partial charge in [0.15, 0.2) is 0 Å². The molecule has 0 aliphatic heterocycles. The molecule has 4 heteroatoms. The van der Waals surface area contributed by atoms with Crippen molar-refractivity contribution < 1.29 is 4.79 Å². The summed E-state index contributed by atoms with van der Waals surface area (Å²) in [4.78, 5) is 16.2. The molecule has 1 heterocycles. The summed E-state index contributed by atoms with van der Waals surface area (Å²) in [6, 6.07) is 8.13. The van der Waals surface area contributed by atoms with Gasteiger partial charge in [-0.3, -0.25) is 9.48 Å². The minimum atomic E-state index is 0.0582. The third kappa shape index (κ3) is 1.65. The van der Waals surface area contributed by atoms with E-state index in [0.717, 1.165) is 12.2 Å². The third-order valence-corrected chi connectivity index (χ3v) is 3.38. The fourth-order valence-corrected chi connectivity index (χ4v) is 2.31. The van der Waals surface area contributed by atoms with E-state index in [-0.39, 0.29) is 11.7 Å². The van der Waals surface area contributed by atoms with Gasteiger partial charge in [-0.05, 0) is 17.5 Å². The van der Waals surface area contributed by atoms with Gasteiger partial charge in [-0.2, -0.15) is 5.10 Å². The first-order valence-electron chi connectivity index (χ1n) is 5.69. The number of ketones is 1. The van der Waals surface area contributed by atoms with Crippen LogP contribution in [0.15, 0.2) is 30.6 Å². The fraction of sp³-hybridized carbons (Fsp3) is 0.308. The zero-order valence-electron chi connectivity index (χ0n) is 9.63. The van der Waals surface area contributed by atoms with E-state index >= 15 is 0 Å². The van der Waals surface area contributed by atoms with Gasteiger partial charge in [0.2, 0.25) is 0 Å². The first-order chi connectivity index (χ1) is 8.25. The predicted octanol–water partition coefficient (Wildman–Crippen LogP) is 1.27. The van der Waals surface area contributed by atoms with Crippen molar-refractivity contribution in [2.24, 2.45) is 7.05 Å². The van der Waals surface area contributed by atoms with Crippen molar-refractivity contribution in [1.29, 1.82) is 0 Å². The molecular weight excluding hydrogens is 214 g/mol. The molecule has 0 amide bonds. The summed E-state index contributed by atoms with van der Waals surface area (Å²) >= 11 is 0. The van der Waals surface area contributed by atoms with Crippen LogP contribution in [-0.2, 0) is 24.7 Å². The quantitative estimate of drug-likeness (QED) is 0.793. The van der Waals surface area contributed by atoms with Crippen molar-refractivity contribution in [2.45, 2.75) is 18.8 Å². The Balaban J connectivity index is 1.76. The van der Waals surface area contributed by atoms with Crippen LogP contribution in [0.5, 0.6) is 0 Å². The molecule has 17 heavy (non-hydrogen) atoms. The Labute approximate surface area is 99.3 Å². The molecule has 1 aromatic carbocycles. The number of nitrogens with zero attached hydrogens (tertiary/aromatic N) is 3. The summed E-state index contributed by atoms with van der Waals surface area (Å²) in [5.74, 6) is 1.03. The predicted molar refractivity (Wildman–Crippen MR) is 62.6 cm³/mol. The monoisotopic (exact) mass is 227 g/mol. The van der Waals surface area contributed by atoms with Crippen molar-refractivity contribution in [2.75, 3.05) is 0 Å². The second-order valence-corrected chi connectivity index (χ2v) is 4.40. The number of hydrogen-bond acceptors (Lipinski definition) is 3. The third-order valence-electron chi connectivity index (χ3n) is 3.38. The SMILES string of the molecule is Cn1ncnc1CC(=O)C1Cc2ccccc21. The summed E-state index contributed by atoms with van der Waals surface area (Å²) in [5, 5.41) is 3.97. The van der Waals surface area contributed by atoms with Gasteiger partial charge in [0.1, 0.15) is 17.9 Å². The lowest BCUT2D eigenvalue weighted by molar-refractivity contribution is -0.120. The van der Waals surface area contributed by atoms with Crippen LogP contribution in [-0.4, -0.2) is 20.5 Å². The molecule has 0 spiro atoms. The van der Waals surface area contributed by atoms with Crippen molar-refractivity contribution in [1.82, 2.24) is 14.8 Å². The molecule has 0 N–H and O–H groups in total. The standard InChI is InChI=1S/C13H13N3O/c1-16-13(14-8-15-16)7-12(17)11-6-9-4-2-3-5-10(9)11/h2-5,8,11H,6-7H2,1H3. The zero-order chi connectivity index (χ0) is 11.8. The van der Waals surface area contributed by atoms with Gasteiger partial charge in [-0.25, -0.2) is 4.98 Å². The van der Waals surface area contributed by atoms with Crippen LogP contribution in [0.4, 0.5) is 0 Å². The summed E-state index contributed by atoms with van der Waals surface area (Å²) in [5.41, 5.74) is 2.48. The molecule has 0 saturated carbocycles. The number of aromatic nitrogens is 3. The van der Waals surface area contributed by atoms with Gasteiger partial charge in [-0.1, -0.05) is 24.3 Å². The summed E-state index contributed by atoms with van der Waals surface area (Å²) in [7, 11) is 1.81. The molecule has 1 aliphatic rings. The van der Waals surface area contributed by atoms with E-state index in [9.17, 15) is 4.79 Å². The van der Waals surface area contributed by atoms with Crippen LogP contribution >= 0.6 is 0 Å². The average molecular weight is 227 g/mol. The maximum Gasteiger partial charge on any atom is 0.148 e. The van der Waals surface area contributed by atoms with Crippen LogP contribution < -0.4 is 0 Å². The van der Waals surface area contributed by atoms with Crippen LogP contribution in [0.1, 0.15) is 22.9 Å². The van der Waals surface area contributed by atoms with Crippen molar-refractivity contribution >= 4 is 5.78 Å². The summed E-state index contributed by atoms with van der Waals surface area (Å²) in [6.45, 7) is 0. The smallest absolute Gasteiger partial charge is 0.148 e. The Kier molecular flexibility index (Phi) is 2.28. The van der Waals surface area contributed by atoms with Gasteiger partial charge in [0, 0.05) is 13.0 Å². The second-order valence-electron chi connectivity index (χ2n) is 4.40. The Morgan fingerprint density at radius 2 is 2.29 bits per heavy atom. The Morgan fingerprint density at radius 3 is 3.00 bits per heavy atom. The highest BCUT2D eigenvalue weighted by atomic mass is 16.1. The number of hydrogen-bond donors (Lipinski definition) is 0. The number of carbonyl (C=O) groups excluding carboxylic acids is 1. The molecule has 1 aromatic heterocycles. The highest BCUT2D eigenvalue weighted by Crippen LogP contribution is 2.35. The van der Waals surface area contributed by atoms with Gasteiger partial charge in [-0.15, -0.1) is 0 Å². The number of carbonyl (C=O) groups is 1. The van der Waals surface area contributed by atoms with Crippen LogP contribution in [0, 0.1) is 0 Å². The lowest BCUT2D eigenvalue weighted by Crippen LogP contribution is -2.27. The molecule has 4 nitrogen and oxygen atoms in total. The molecule has 3 rings (SSSR count). The van der Waals surface area contributed by atoms with Crippen LogP contribution in [0.3, 0.4) is 0 Å². The lowest BCUT2D eigenvalue weighted by Gasteiger charge is -2.28. The van der Waals surface area contributed by atoms with Crippen molar-refractivity contribution in [3.8, 4) is 0 Å². The molecule has 0 radical (unpaired) electrons. The Bertz CT molecular complexity index is 574. The molecule has 86 valence electrons. The minimum Gasteiger partial charge on any atom is -0.299 e. The maximum atomic E-state index is 12.1.